The summed E-state index contributed by atoms with van der Waals surface area (Å²) in [6, 6.07) is 3.21. The van der Waals surface area contributed by atoms with Gasteiger partial charge in [0.25, 0.3) is 5.91 Å². The lowest BCUT2D eigenvalue weighted by Crippen LogP contribution is -2.67. The molecule has 9 N–H and O–H groups in total. The Bertz CT molecular complexity index is 2070. The molecule has 0 bridgehead atoms. The number of amides is 2. The Hall–Kier alpha value is -3.37. The van der Waals surface area contributed by atoms with Gasteiger partial charge in [-0.1, -0.05) is 62.8 Å². The van der Waals surface area contributed by atoms with Crippen molar-refractivity contribution in [2.45, 2.75) is 195 Å². The number of halogens is 1. The Balaban J connectivity index is 1.06. The molecule has 6 aliphatic rings. The summed E-state index contributed by atoms with van der Waals surface area (Å²) in [5.41, 5.74) is 0.669. The summed E-state index contributed by atoms with van der Waals surface area (Å²) in [6.45, 7) is 4.42. The minimum atomic E-state index is -1.67. The third-order valence-corrected chi connectivity index (χ3v) is 15.5. The number of ether oxygens (including phenoxy) is 7. The maximum absolute atomic E-state index is 14.1. The van der Waals surface area contributed by atoms with Crippen molar-refractivity contribution in [3.8, 4) is 11.3 Å². The van der Waals surface area contributed by atoms with Crippen LogP contribution in [-0.4, -0.2) is 210 Å². The van der Waals surface area contributed by atoms with Gasteiger partial charge in [0.1, 0.15) is 84.6 Å². The Morgan fingerprint density at radius 3 is 2.22 bits per heavy atom. The lowest BCUT2D eigenvalue weighted by Gasteiger charge is -2.50. The van der Waals surface area contributed by atoms with E-state index in [0.29, 0.717) is 37.9 Å². The van der Waals surface area contributed by atoms with E-state index in [0.717, 1.165) is 38.5 Å². The zero-order valence-electron chi connectivity index (χ0n) is 41.0. The molecule has 2 aromatic rings. The van der Waals surface area contributed by atoms with Crippen LogP contribution in [0, 0.1) is 23.6 Å². The minimum absolute atomic E-state index is 0.0893. The molecule has 2 saturated carbocycles. The fraction of sp³-hybridized carbons (Fsp3) is 0.796. The number of likely N-dealkylation sites (tertiary alicyclic amines) is 1. The number of rotatable bonds is 18. The first-order valence-corrected chi connectivity index (χ1v) is 25.7. The number of nitrogens with zero attached hydrogens (tertiary/aromatic N) is 4. The molecule has 8 rings (SSSR count). The van der Waals surface area contributed by atoms with Crippen LogP contribution in [0.2, 0.25) is 0 Å². The molecule has 1 aromatic carbocycles. The lowest BCUT2D eigenvalue weighted by molar-refractivity contribution is -0.340. The molecule has 4 saturated heterocycles. The van der Waals surface area contributed by atoms with E-state index >= 15 is 0 Å². The SMILES string of the molecule is CCC1CC(CO[C@H]2OC(CO)[C@@H](O)C(n3cc(-c4cccc(F)c4)nn3)C2O)C[C@@H](O[C@@H]2OC(CO)[C@H](O)C(O[C@@H](CC3CCCCC3)C(=O)N3CCC3)C2NC(C)=O)C1O[C@@H]1OC(C)[C@@H](O)C(O)C1O. The van der Waals surface area contributed by atoms with Gasteiger partial charge in [-0.05, 0) is 62.5 Å². The number of carbonyl (C=O) groups excluding carboxylic acids is 2. The zero-order chi connectivity index (χ0) is 51.4. The molecule has 2 amide bonds. The number of aromatic nitrogens is 3. The van der Waals surface area contributed by atoms with Crippen molar-refractivity contribution in [3.63, 3.8) is 0 Å². The van der Waals surface area contributed by atoms with Crippen LogP contribution in [0.5, 0.6) is 0 Å². The Morgan fingerprint density at radius 1 is 0.833 bits per heavy atom. The summed E-state index contributed by atoms with van der Waals surface area (Å²) < 4.78 is 59.8. The molecular formula is C49H74FN5O17. The van der Waals surface area contributed by atoms with Gasteiger partial charge in [0.05, 0.1) is 44.3 Å². The van der Waals surface area contributed by atoms with Crippen molar-refractivity contribution in [2.24, 2.45) is 17.8 Å². The molecule has 20 atom stereocenters. The summed E-state index contributed by atoms with van der Waals surface area (Å²) >= 11 is 0. The summed E-state index contributed by atoms with van der Waals surface area (Å²) in [5, 5.41) is 99.3. The van der Waals surface area contributed by atoms with Crippen molar-refractivity contribution in [1.29, 1.82) is 0 Å². The summed E-state index contributed by atoms with van der Waals surface area (Å²) in [6.07, 6.45) is -12.6. The second kappa shape index (κ2) is 24.5. The number of aliphatic hydroxyl groups is 8. The van der Waals surface area contributed by atoms with E-state index in [1.807, 2.05) is 6.92 Å². The van der Waals surface area contributed by atoms with Crippen molar-refractivity contribution in [2.75, 3.05) is 32.9 Å². The van der Waals surface area contributed by atoms with Crippen molar-refractivity contribution < 1.29 is 88.0 Å². The first-order chi connectivity index (χ1) is 34.6. The molecule has 4 aliphatic heterocycles. The van der Waals surface area contributed by atoms with Gasteiger partial charge < -0.3 is 84.2 Å². The van der Waals surface area contributed by atoms with Gasteiger partial charge in [-0.2, -0.15) is 0 Å². The fourth-order valence-electron chi connectivity index (χ4n) is 11.3. The maximum Gasteiger partial charge on any atom is 0.251 e. The number of benzene rings is 1. The number of nitrogens with one attached hydrogen (secondary N) is 1. The van der Waals surface area contributed by atoms with Gasteiger partial charge in [-0.3, -0.25) is 9.59 Å². The van der Waals surface area contributed by atoms with Gasteiger partial charge in [-0.25, -0.2) is 9.07 Å². The third kappa shape index (κ3) is 12.3. The molecule has 0 spiro atoms. The average Bonchev–Trinajstić information content (AvgIpc) is 3.84. The first-order valence-electron chi connectivity index (χ1n) is 25.7. The van der Waals surface area contributed by atoms with Crippen molar-refractivity contribution in [3.05, 3.63) is 36.3 Å². The smallest absolute Gasteiger partial charge is 0.251 e. The topological polar surface area (TPSA) is 307 Å². The highest BCUT2D eigenvalue weighted by Gasteiger charge is 2.53. The van der Waals surface area contributed by atoms with Crippen molar-refractivity contribution in [1.82, 2.24) is 25.2 Å². The number of hydrogen-bond donors (Lipinski definition) is 9. The molecule has 0 radical (unpaired) electrons. The van der Waals surface area contributed by atoms with E-state index in [4.69, 9.17) is 33.2 Å². The van der Waals surface area contributed by atoms with Crippen LogP contribution < -0.4 is 5.32 Å². The van der Waals surface area contributed by atoms with Crippen LogP contribution in [0.1, 0.15) is 91.0 Å². The van der Waals surface area contributed by atoms with E-state index in [-0.39, 0.29) is 30.5 Å². The molecule has 72 heavy (non-hydrogen) atoms. The molecule has 12 unspecified atom stereocenters. The average molecular weight is 1020 g/mol. The highest BCUT2D eigenvalue weighted by atomic mass is 19.1. The molecule has 23 heteroatoms. The molecule has 404 valence electrons. The van der Waals surface area contributed by atoms with E-state index in [1.54, 1.807) is 11.0 Å². The zero-order valence-corrected chi connectivity index (χ0v) is 41.0. The molecule has 5 heterocycles. The highest BCUT2D eigenvalue weighted by Crippen LogP contribution is 2.41. The summed E-state index contributed by atoms with van der Waals surface area (Å²) in [4.78, 5) is 28.8. The van der Waals surface area contributed by atoms with E-state index < -0.39 is 147 Å². The first kappa shape index (κ1) is 54.9. The Kier molecular flexibility index (Phi) is 18.7. The minimum Gasteiger partial charge on any atom is -0.394 e. The van der Waals surface area contributed by atoms with Gasteiger partial charge in [0.2, 0.25) is 5.91 Å². The van der Waals surface area contributed by atoms with Gasteiger partial charge in [0.15, 0.2) is 18.9 Å². The van der Waals surface area contributed by atoms with E-state index in [2.05, 4.69) is 15.6 Å². The molecule has 22 nitrogen and oxygen atoms in total. The molecule has 2 aliphatic carbocycles. The predicted molar refractivity (Wildman–Crippen MR) is 247 cm³/mol. The number of aliphatic hydroxyl groups excluding tert-OH is 8. The fourth-order valence-corrected chi connectivity index (χ4v) is 11.3. The quantitative estimate of drug-likeness (QED) is 0.0922. The second-order valence-electron chi connectivity index (χ2n) is 20.5. The normalized spacial score (nSPS) is 39.3. The largest absolute Gasteiger partial charge is 0.394 e. The molecule has 6 fully saturated rings. The molecule has 1 aromatic heterocycles. The highest BCUT2D eigenvalue weighted by molar-refractivity contribution is 5.81. The number of hydrogen-bond acceptors (Lipinski definition) is 19. The molecular weight excluding hydrogens is 950 g/mol. The second-order valence-corrected chi connectivity index (χ2v) is 20.5. The van der Waals surface area contributed by atoms with Gasteiger partial charge in [-0.15, -0.1) is 5.10 Å². The van der Waals surface area contributed by atoms with Gasteiger partial charge >= 0.3 is 0 Å². The van der Waals surface area contributed by atoms with Crippen LogP contribution in [-0.2, 0) is 42.7 Å². The summed E-state index contributed by atoms with van der Waals surface area (Å²) in [5.74, 6) is -1.86. The Labute approximate surface area is 417 Å². The van der Waals surface area contributed by atoms with Crippen LogP contribution in [0.25, 0.3) is 11.3 Å². The van der Waals surface area contributed by atoms with Crippen LogP contribution >= 0.6 is 0 Å². The van der Waals surface area contributed by atoms with Crippen molar-refractivity contribution >= 4 is 11.8 Å². The van der Waals surface area contributed by atoms with Crippen LogP contribution in [0.3, 0.4) is 0 Å². The Morgan fingerprint density at radius 2 is 1.56 bits per heavy atom. The number of carbonyl (C=O) groups is 2. The maximum atomic E-state index is 14.1. The van der Waals surface area contributed by atoms with E-state index in [9.17, 15) is 54.8 Å². The lowest BCUT2D eigenvalue weighted by atomic mass is 9.76. The monoisotopic (exact) mass is 1020 g/mol. The third-order valence-electron chi connectivity index (χ3n) is 15.5. The van der Waals surface area contributed by atoms with Gasteiger partial charge in [0, 0.05) is 25.6 Å². The standard InChI is InChI=1S/C49H74FN5O17/c1-4-28-16-27(23-66-48-41(62)37(39(60)34(21-56)71-48)55-20-31(52-53-55)29-12-8-13-30(50)19-29)18-32(44(28)72-49-43(64)42(63)38(59)24(2)67-49)69-47-36(51-25(3)58)45(40(61)35(22-57)70-47)68-33(46(65)54-14-9-15-54)17-26-10-6-5-7-11-26/h8,12-13,19-20,24,26-28,32-45,47-49,56-57,59-64H,4-7,9-11,14-18,21-23H2,1-3H3,(H,51,58)/t24?,27?,28?,32-,33+,34?,35?,36?,37?,38-,39-,40+,41?,42?,43?,44?,45?,47-,48+,49+/m1/s1. The van der Waals surface area contributed by atoms with E-state index in [1.165, 1.54) is 42.9 Å². The predicted octanol–water partition coefficient (Wildman–Crippen LogP) is -0.346. The van der Waals surface area contributed by atoms with Crippen LogP contribution in [0.4, 0.5) is 4.39 Å². The van der Waals surface area contributed by atoms with Crippen LogP contribution in [0.15, 0.2) is 30.5 Å². The summed E-state index contributed by atoms with van der Waals surface area (Å²) in [7, 11) is 0.